The van der Waals surface area contributed by atoms with E-state index in [4.69, 9.17) is 5.11 Å². The van der Waals surface area contributed by atoms with Crippen LogP contribution in [-0.2, 0) is 32.7 Å². The van der Waals surface area contributed by atoms with Gasteiger partial charge in [-0.25, -0.2) is 0 Å². The zero-order valence-corrected chi connectivity index (χ0v) is 8.96. The normalized spacial score (nSPS) is 6.60. The molecule has 0 aliphatic rings. The largest absolute Gasteiger partial charge is 0.400 e. The molecule has 0 atom stereocenters. The summed E-state index contributed by atoms with van der Waals surface area (Å²) in [6.45, 7) is 3.72. The Balaban J connectivity index is 0. The molecule has 1 aromatic rings. The van der Waals surface area contributed by atoms with Crippen molar-refractivity contribution in [1.82, 2.24) is 0 Å². The van der Waals surface area contributed by atoms with E-state index in [2.05, 4.69) is 6.92 Å². The Kier molecular flexibility index (Phi) is 11.7. The van der Waals surface area contributed by atoms with Gasteiger partial charge in [-0.2, -0.15) is 24.6 Å². The first-order chi connectivity index (χ1) is 4.39. The van der Waals surface area contributed by atoms with E-state index in [-0.39, 0.29) is 32.7 Å². The zero-order valence-electron chi connectivity index (χ0n) is 6.12. The van der Waals surface area contributed by atoms with Crippen LogP contribution in [0.5, 0.6) is 0 Å². The molecule has 0 spiro atoms. The Morgan fingerprint density at radius 2 is 1.50 bits per heavy atom. The summed E-state index contributed by atoms with van der Waals surface area (Å²) in [6.07, 6.45) is 0. The van der Waals surface area contributed by atoms with Gasteiger partial charge in [0.2, 0.25) is 0 Å². The van der Waals surface area contributed by atoms with Crippen LogP contribution < -0.4 is 0 Å². The molecule has 0 heterocycles. The van der Waals surface area contributed by atoms with Crippen LogP contribution in [0.25, 0.3) is 0 Å². The molecule has 0 amide bonds. The second-order valence-electron chi connectivity index (χ2n) is 1.49. The maximum Gasteiger partial charge on any atom is 0.0319 e. The smallest absolute Gasteiger partial charge is 0.0319 e. The van der Waals surface area contributed by atoms with Gasteiger partial charge in [-0.1, -0.05) is 6.07 Å². The van der Waals surface area contributed by atoms with E-state index < -0.39 is 0 Å². The van der Waals surface area contributed by atoms with Crippen molar-refractivity contribution in [3.63, 3.8) is 0 Å². The molecule has 10 heavy (non-hydrogen) atoms. The van der Waals surface area contributed by atoms with E-state index in [9.17, 15) is 0 Å². The average Bonchev–Trinajstić information content (AvgIpc) is 1.94. The minimum atomic E-state index is 0. The van der Waals surface area contributed by atoms with E-state index in [0.717, 1.165) is 12.7 Å². The Morgan fingerprint density at radius 3 is 1.70 bits per heavy atom. The number of rotatable bonds is 0. The van der Waals surface area contributed by atoms with Crippen LogP contribution in [-0.4, -0.2) is 12.2 Å². The molecule has 0 aliphatic carbocycles. The second-order valence-corrected chi connectivity index (χ2v) is 1.49. The molecule has 53 valence electrons. The van der Waals surface area contributed by atoms with Crippen LogP contribution in [0.15, 0.2) is 30.3 Å². The molecular weight excluding hydrogens is 201 g/mol. The second kappa shape index (κ2) is 9.15. The fraction of sp³-hybridized carbons (Fsp3) is 0.125. The van der Waals surface area contributed by atoms with Gasteiger partial charge in [0.15, 0.2) is 0 Å². The molecule has 1 rings (SSSR count). The predicted molar refractivity (Wildman–Crippen MR) is 39.0 cm³/mol. The van der Waals surface area contributed by atoms with Crippen molar-refractivity contribution in [2.24, 2.45) is 0 Å². The summed E-state index contributed by atoms with van der Waals surface area (Å²) in [5, 5.41) is 7.00. The molecular formula is C8H11OY-. The third kappa shape index (κ3) is 6.28. The number of hydrogen-bond acceptors (Lipinski definition) is 1. The van der Waals surface area contributed by atoms with Crippen LogP contribution in [0.4, 0.5) is 0 Å². The van der Waals surface area contributed by atoms with Crippen molar-refractivity contribution in [2.45, 2.75) is 0 Å². The summed E-state index contributed by atoms with van der Waals surface area (Å²) in [6, 6.07) is 9.87. The van der Waals surface area contributed by atoms with Crippen molar-refractivity contribution in [3.8, 4) is 0 Å². The summed E-state index contributed by atoms with van der Waals surface area (Å²) in [5.41, 5.74) is 1.07. The van der Waals surface area contributed by atoms with Crippen LogP contribution >= 0.6 is 0 Å². The van der Waals surface area contributed by atoms with Gasteiger partial charge in [-0.3, -0.25) is 0 Å². The summed E-state index contributed by atoms with van der Waals surface area (Å²) in [7, 11) is 1.00. The van der Waals surface area contributed by atoms with Crippen LogP contribution in [0.2, 0.25) is 0 Å². The van der Waals surface area contributed by atoms with E-state index in [1.807, 2.05) is 30.3 Å². The van der Waals surface area contributed by atoms with Gasteiger partial charge >= 0.3 is 0 Å². The van der Waals surface area contributed by atoms with Crippen molar-refractivity contribution >= 4 is 0 Å². The third-order valence-corrected chi connectivity index (χ3v) is 0.843. The maximum atomic E-state index is 7.00. The zero-order chi connectivity index (χ0) is 7.11. The van der Waals surface area contributed by atoms with Gasteiger partial charge in [-0.15, -0.1) is 12.1 Å². The van der Waals surface area contributed by atoms with Crippen LogP contribution in [0.3, 0.4) is 0 Å². The standard InChI is InChI=1S/C7H7.CH4O.Y/c1-7-5-3-2-4-6-7;1-2;/h2-6H,1H2;2H,1H3;/q-1;;. The molecule has 2 heteroatoms. The summed E-state index contributed by atoms with van der Waals surface area (Å²) in [4.78, 5) is 0. The molecule has 0 unspecified atom stereocenters. The first-order valence-corrected chi connectivity index (χ1v) is 2.71. The Labute approximate surface area is 87.3 Å². The van der Waals surface area contributed by atoms with Gasteiger partial charge in [0.1, 0.15) is 0 Å². The SMILES string of the molecule is CO.[CH2-]c1ccccc1.[Y]. The van der Waals surface area contributed by atoms with Gasteiger partial charge in [-0.05, 0) is 0 Å². The predicted octanol–water partition coefficient (Wildman–Crippen LogP) is 1.47. The molecule has 0 aliphatic heterocycles. The fourth-order valence-corrected chi connectivity index (χ4v) is 0.478. The Morgan fingerprint density at radius 1 is 1.10 bits per heavy atom. The fourth-order valence-electron chi connectivity index (χ4n) is 0.478. The average molecular weight is 212 g/mol. The van der Waals surface area contributed by atoms with E-state index in [1.54, 1.807) is 0 Å². The van der Waals surface area contributed by atoms with Crippen LogP contribution in [0.1, 0.15) is 5.56 Å². The van der Waals surface area contributed by atoms with Crippen molar-refractivity contribution in [3.05, 3.63) is 42.8 Å². The summed E-state index contributed by atoms with van der Waals surface area (Å²) in [5.74, 6) is 0. The molecule has 0 aromatic heterocycles. The minimum absolute atomic E-state index is 0. The topological polar surface area (TPSA) is 20.2 Å². The molecule has 0 saturated carbocycles. The number of hydrogen-bond donors (Lipinski definition) is 1. The van der Waals surface area contributed by atoms with E-state index >= 15 is 0 Å². The number of benzene rings is 1. The molecule has 0 saturated heterocycles. The van der Waals surface area contributed by atoms with Crippen molar-refractivity contribution in [1.29, 1.82) is 0 Å². The molecule has 0 bridgehead atoms. The van der Waals surface area contributed by atoms with Gasteiger partial charge in [0, 0.05) is 39.8 Å². The van der Waals surface area contributed by atoms with Gasteiger partial charge in [0.25, 0.3) is 0 Å². The van der Waals surface area contributed by atoms with Gasteiger partial charge < -0.3 is 5.11 Å². The van der Waals surface area contributed by atoms with E-state index in [1.165, 1.54) is 0 Å². The third-order valence-electron chi connectivity index (χ3n) is 0.843. The van der Waals surface area contributed by atoms with Gasteiger partial charge in [0.05, 0.1) is 0 Å². The molecule has 1 N–H and O–H groups in total. The molecule has 1 nitrogen and oxygen atoms in total. The Hall–Kier alpha value is 0.154. The first kappa shape index (κ1) is 12.8. The number of aliphatic hydroxyl groups excluding tert-OH is 1. The van der Waals surface area contributed by atoms with E-state index in [0.29, 0.717) is 0 Å². The minimum Gasteiger partial charge on any atom is -0.400 e. The molecule has 1 radical (unpaired) electrons. The molecule has 0 fully saturated rings. The Bertz CT molecular complexity index is 139. The van der Waals surface area contributed by atoms with Crippen molar-refractivity contribution in [2.75, 3.05) is 7.11 Å². The summed E-state index contributed by atoms with van der Waals surface area (Å²) < 4.78 is 0. The maximum absolute atomic E-state index is 7.00. The quantitative estimate of drug-likeness (QED) is 0.645. The monoisotopic (exact) mass is 212 g/mol. The van der Waals surface area contributed by atoms with Crippen LogP contribution in [0, 0.1) is 6.92 Å². The summed E-state index contributed by atoms with van der Waals surface area (Å²) >= 11 is 0. The molecule has 1 aromatic carbocycles. The first-order valence-electron chi connectivity index (χ1n) is 2.71. The van der Waals surface area contributed by atoms with Crippen molar-refractivity contribution < 1.29 is 37.8 Å². The number of aliphatic hydroxyl groups is 1.